The molecule has 1 aromatic carbocycles. The molecular weight excluding hydrogens is 442 g/mol. The normalized spacial score (nSPS) is 15.4. The van der Waals surface area contributed by atoms with Gasteiger partial charge in [-0.2, -0.15) is 0 Å². The van der Waals surface area contributed by atoms with Gasteiger partial charge >= 0.3 is 23.9 Å². The number of carbonyl (C=O) groups is 4. The zero-order valence-electron chi connectivity index (χ0n) is 20.8. The Balaban J connectivity index is 3.38. The molecule has 0 aliphatic heterocycles. The minimum atomic E-state index is -1.33. The van der Waals surface area contributed by atoms with Gasteiger partial charge in [-0.15, -0.1) is 0 Å². The fraction of sp³-hybridized carbons (Fsp3) is 0.600. The van der Waals surface area contributed by atoms with Crippen molar-refractivity contribution in [3.63, 3.8) is 0 Å². The van der Waals surface area contributed by atoms with Crippen LogP contribution in [0.5, 0.6) is 11.5 Å². The average Bonchev–Trinajstić information content (AvgIpc) is 2.80. The van der Waals surface area contributed by atoms with Crippen molar-refractivity contribution in [2.24, 2.45) is 17.6 Å². The van der Waals surface area contributed by atoms with Gasteiger partial charge in [-0.05, 0) is 31.0 Å². The van der Waals surface area contributed by atoms with Gasteiger partial charge in [0, 0.05) is 24.7 Å². The fourth-order valence-electron chi connectivity index (χ4n) is 3.53. The highest BCUT2D eigenvalue weighted by Crippen LogP contribution is 2.37. The first kappa shape index (κ1) is 29.1. The Kier molecular flexibility index (Phi) is 11.7. The summed E-state index contributed by atoms with van der Waals surface area (Å²) in [6.07, 6.45) is 1.08. The van der Waals surface area contributed by atoms with Gasteiger partial charge in [-0.1, -0.05) is 47.1 Å². The number of hydrogen-bond donors (Lipinski definition) is 2. The number of carboxylic acid groups (broad SMARTS) is 1. The van der Waals surface area contributed by atoms with Crippen LogP contribution in [0.4, 0.5) is 0 Å². The number of carboxylic acids is 1. The first-order chi connectivity index (χ1) is 16.0. The van der Waals surface area contributed by atoms with Gasteiger partial charge in [0.1, 0.15) is 12.1 Å². The summed E-state index contributed by atoms with van der Waals surface area (Å²) in [7, 11) is 0. The van der Waals surface area contributed by atoms with E-state index in [2.05, 4.69) is 0 Å². The van der Waals surface area contributed by atoms with Crippen LogP contribution < -0.4 is 15.2 Å². The highest BCUT2D eigenvalue weighted by Gasteiger charge is 2.36. The Morgan fingerprint density at radius 3 is 2.00 bits per heavy atom. The zero-order valence-corrected chi connectivity index (χ0v) is 20.8. The van der Waals surface area contributed by atoms with Crippen LogP contribution in [0, 0.1) is 11.8 Å². The summed E-state index contributed by atoms with van der Waals surface area (Å²) in [6, 6.07) is 3.13. The quantitative estimate of drug-likeness (QED) is 0.319. The minimum absolute atomic E-state index is 0.0119. The lowest BCUT2D eigenvalue weighted by molar-refractivity contribution is -0.156. The lowest BCUT2D eigenvalue weighted by Gasteiger charge is -2.32. The van der Waals surface area contributed by atoms with Crippen LogP contribution in [0.1, 0.15) is 78.7 Å². The molecule has 0 aliphatic carbocycles. The number of carbonyl (C=O) groups excluding carboxylic acids is 3. The lowest BCUT2D eigenvalue weighted by Crippen LogP contribution is -2.43. The molecule has 9 nitrogen and oxygen atoms in total. The molecule has 5 atom stereocenters. The summed E-state index contributed by atoms with van der Waals surface area (Å²) in [5.74, 6) is -4.20. The van der Waals surface area contributed by atoms with Crippen LogP contribution in [-0.4, -0.2) is 41.1 Å². The Hall–Kier alpha value is -2.94. The van der Waals surface area contributed by atoms with Gasteiger partial charge in [0.25, 0.3) is 0 Å². The van der Waals surface area contributed by atoms with E-state index in [9.17, 15) is 24.3 Å². The molecule has 3 N–H and O–H groups in total. The molecule has 4 unspecified atom stereocenters. The molecule has 0 fully saturated rings. The zero-order chi connectivity index (χ0) is 26.0. The molecule has 0 heterocycles. The van der Waals surface area contributed by atoms with Crippen molar-refractivity contribution < 1.29 is 38.5 Å². The first-order valence-corrected chi connectivity index (χ1v) is 11.7. The molecule has 0 aromatic heterocycles. The summed E-state index contributed by atoms with van der Waals surface area (Å²) in [5, 5.41) is 9.66. The fourth-order valence-corrected chi connectivity index (χ4v) is 3.53. The van der Waals surface area contributed by atoms with Crippen molar-refractivity contribution >= 4 is 23.9 Å². The summed E-state index contributed by atoms with van der Waals surface area (Å²) in [6.45, 7) is 10.4. The third kappa shape index (κ3) is 8.13. The number of aliphatic carboxylic acids is 1. The van der Waals surface area contributed by atoms with Crippen molar-refractivity contribution in [3.8, 4) is 11.5 Å². The van der Waals surface area contributed by atoms with Crippen molar-refractivity contribution in [2.75, 3.05) is 0 Å². The smallest absolute Gasteiger partial charge is 0.321 e. The highest BCUT2D eigenvalue weighted by molar-refractivity contribution is 5.77. The van der Waals surface area contributed by atoms with Gasteiger partial charge in [-0.25, -0.2) is 0 Å². The molecule has 0 spiro atoms. The number of ether oxygens (including phenoxy) is 3. The van der Waals surface area contributed by atoms with E-state index in [-0.39, 0.29) is 36.2 Å². The second-order valence-corrected chi connectivity index (χ2v) is 8.44. The van der Waals surface area contributed by atoms with Crippen LogP contribution in [0.2, 0.25) is 0 Å². The summed E-state index contributed by atoms with van der Waals surface area (Å²) in [4.78, 5) is 48.0. The van der Waals surface area contributed by atoms with Crippen molar-refractivity contribution in [1.29, 1.82) is 0 Å². The minimum Gasteiger partial charge on any atom is -0.480 e. The second-order valence-electron chi connectivity index (χ2n) is 8.44. The standard InChI is InChI=1S/C25H37NO8/c1-7-10-14(4)25(31)32-16(6)15(5)22(23(26)24(29)30)17-11-12-18(33-20(27)8-2)19(13-17)34-21(28)9-3/h11-16,22-23H,7-10,26H2,1-6H3,(H,29,30)/t14?,15?,16?,22?,23-/m0/s1. The van der Waals surface area contributed by atoms with Crippen LogP contribution in [-0.2, 0) is 23.9 Å². The Bertz CT molecular complexity index is 868. The molecule has 1 rings (SSSR count). The van der Waals surface area contributed by atoms with Crippen molar-refractivity contribution in [1.82, 2.24) is 0 Å². The van der Waals surface area contributed by atoms with E-state index in [1.165, 1.54) is 12.1 Å². The molecule has 0 saturated heterocycles. The summed E-state index contributed by atoms with van der Waals surface area (Å²) < 4.78 is 16.2. The molecule has 0 radical (unpaired) electrons. The van der Waals surface area contributed by atoms with Crippen LogP contribution >= 0.6 is 0 Å². The predicted octanol–water partition coefficient (Wildman–Crippen LogP) is 3.82. The van der Waals surface area contributed by atoms with E-state index in [1.807, 2.05) is 6.92 Å². The van der Waals surface area contributed by atoms with Crippen LogP contribution in [0.15, 0.2) is 18.2 Å². The molecule has 0 saturated carbocycles. The van der Waals surface area contributed by atoms with Gasteiger partial charge in [0.15, 0.2) is 11.5 Å². The van der Waals surface area contributed by atoms with Gasteiger partial charge < -0.3 is 25.1 Å². The van der Waals surface area contributed by atoms with Crippen LogP contribution in [0.3, 0.4) is 0 Å². The maximum atomic E-state index is 12.4. The Morgan fingerprint density at radius 2 is 1.50 bits per heavy atom. The molecule has 0 bridgehead atoms. The van der Waals surface area contributed by atoms with E-state index in [4.69, 9.17) is 19.9 Å². The van der Waals surface area contributed by atoms with E-state index >= 15 is 0 Å². The Labute approximate surface area is 200 Å². The summed E-state index contributed by atoms with van der Waals surface area (Å²) in [5.41, 5.74) is 6.50. The maximum absolute atomic E-state index is 12.4. The van der Waals surface area contributed by atoms with Crippen LogP contribution in [0.25, 0.3) is 0 Å². The van der Waals surface area contributed by atoms with Gasteiger partial charge in [0.05, 0.1) is 5.92 Å². The van der Waals surface area contributed by atoms with Crippen molar-refractivity contribution in [2.45, 2.75) is 85.3 Å². The number of nitrogens with two attached hydrogens (primary N) is 1. The largest absolute Gasteiger partial charge is 0.480 e. The lowest BCUT2D eigenvalue weighted by atomic mass is 9.79. The van der Waals surface area contributed by atoms with E-state index in [1.54, 1.807) is 40.7 Å². The molecule has 1 aromatic rings. The predicted molar refractivity (Wildman–Crippen MR) is 125 cm³/mol. The van der Waals surface area contributed by atoms with Crippen molar-refractivity contribution in [3.05, 3.63) is 23.8 Å². The number of rotatable bonds is 13. The van der Waals surface area contributed by atoms with E-state index in [0.717, 1.165) is 6.42 Å². The van der Waals surface area contributed by atoms with Gasteiger partial charge in [0.2, 0.25) is 0 Å². The molecule has 190 valence electrons. The highest BCUT2D eigenvalue weighted by atomic mass is 16.6. The first-order valence-electron chi connectivity index (χ1n) is 11.7. The molecule has 9 heteroatoms. The van der Waals surface area contributed by atoms with E-state index < -0.39 is 41.9 Å². The number of esters is 3. The number of hydrogen-bond acceptors (Lipinski definition) is 8. The molecular formula is C25H37NO8. The third-order valence-corrected chi connectivity index (χ3v) is 5.78. The topological polar surface area (TPSA) is 142 Å². The second kappa shape index (κ2) is 13.7. The third-order valence-electron chi connectivity index (χ3n) is 5.78. The monoisotopic (exact) mass is 479 g/mol. The Morgan fingerprint density at radius 1 is 0.941 bits per heavy atom. The average molecular weight is 480 g/mol. The molecule has 0 aliphatic rings. The molecule has 34 heavy (non-hydrogen) atoms. The van der Waals surface area contributed by atoms with Gasteiger partial charge in [-0.3, -0.25) is 19.2 Å². The number of benzene rings is 1. The summed E-state index contributed by atoms with van der Waals surface area (Å²) >= 11 is 0. The van der Waals surface area contributed by atoms with E-state index in [0.29, 0.717) is 12.0 Å². The molecule has 0 amide bonds. The maximum Gasteiger partial charge on any atom is 0.321 e. The SMILES string of the molecule is CCCC(C)C(=O)OC(C)C(C)C(c1ccc(OC(=O)CC)c(OC(=O)CC)c1)[C@H](N)C(=O)O.